The number of imidazole rings is 1. The molecule has 0 bridgehead atoms. The lowest BCUT2D eigenvalue weighted by Crippen LogP contribution is -2.37. The number of halogens is 1. The number of aromatic nitrogens is 2. The van der Waals surface area contributed by atoms with Crippen molar-refractivity contribution >= 4 is 40.1 Å². The third-order valence-electron chi connectivity index (χ3n) is 5.06. The minimum atomic E-state index is -0.420. The topological polar surface area (TPSA) is 85.2 Å². The van der Waals surface area contributed by atoms with E-state index in [1.807, 2.05) is 35.8 Å². The number of hydrogen-bond donors (Lipinski definition) is 2. The van der Waals surface area contributed by atoms with Crippen molar-refractivity contribution in [3.05, 3.63) is 59.4 Å². The molecule has 2 heterocycles. The van der Waals surface area contributed by atoms with Gasteiger partial charge in [-0.25, -0.2) is 4.98 Å². The molecule has 1 aromatic heterocycles. The van der Waals surface area contributed by atoms with Crippen LogP contribution < -0.4 is 10.6 Å². The molecular formula is C22H23ClN4O3. The fourth-order valence-electron chi connectivity index (χ4n) is 3.66. The van der Waals surface area contributed by atoms with Crippen LogP contribution in [0.1, 0.15) is 31.6 Å². The van der Waals surface area contributed by atoms with Crippen molar-refractivity contribution in [3.63, 3.8) is 0 Å². The summed E-state index contributed by atoms with van der Waals surface area (Å²) >= 11 is 6.00. The molecule has 8 heteroatoms. The van der Waals surface area contributed by atoms with Crippen LogP contribution in [0.5, 0.6) is 0 Å². The van der Waals surface area contributed by atoms with Gasteiger partial charge in [-0.15, -0.1) is 0 Å². The Morgan fingerprint density at radius 3 is 2.87 bits per heavy atom. The van der Waals surface area contributed by atoms with E-state index in [0.717, 1.165) is 23.9 Å². The van der Waals surface area contributed by atoms with Gasteiger partial charge in [-0.05, 0) is 50.1 Å². The van der Waals surface area contributed by atoms with Crippen molar-refractivity contribution in [2.24, 2.45) is 0 Å². The first-order valence-electron chi connectivity index (χ1n) is 9.94. The van der Waals surface area contributed by atoms with E-state index in [0.29, 0.717) is 23.1 Å². The summed E-state index contributed by atoms with van der Waals surface area (Å²) in [5.41, 5.74) is 2.21. The molecule has 30 heavy (non-hydrogen) atoms. The van der Waals surface area contributed by atoms with E-state index in [1.165, 1.54) is 0 Å². The summed E-state index contributed by atoms with van der Waals surface area (Å²) in [6.45, 7) is 2.52. The minimum Gasteiger partial charge on any atom is -0.368 e. The number of amides is 2. The standard InChI is InChI=1S/C22H23ClN4O3/c1-14(24-22(29)19-10-5-11-30-19)21-26-17-8-2-3-9-18(17)27(21)13-20(28)25-16-7-4-6-15(23)12-16/h2-4,6-9,12,14,19H,5,10-11,13H2,1H3,(H,24,29)(H,25,28). The fourth-order valence-corrected chi connectivity index (χ4v) is 3.85. The molecule has 1 saturated heterocycles. The van der Waals surface area contributed by atoms with Crippen molar-refractivity contribution in [2.75, 3.05) is 11.9 Å². The van der Waals surface area contributed by atoms with Crippen LogP contribution in [0.3, 0.4) is 0 Å². The summed E-state index contributed by atoms with van der Waals surface area (Å²) < 4.78 is 7.30. The number of anilines is 1. The maximum Gasteiger partial charge on any atom is 0.249 e. The molecule has 0 aliphatic carbocycles. The maximum absolute atomic E-state index is 12.7. The summed E-state index contributed by atoms with van der Waals surface area (Å²) in [7, 11) is 0. The molecule has 1 fully saturated rings. The van der Waals surface area contributed by atoms with Crippen LogP contribution >= 0.6 is 11.6 Å². The van der Waals surface area contributed by atoms with Gasteiger partial charge in [0.05, 0.1) is 17.1 Å². The number of nitrogens with one attached hydrogen (secondary N) is 2. The molecule has 2 atom stereocenters. The number of nitrogens with zero attached hydrogens (tertiary/aromatic N) is 2. The van der Waals surface area contributed by atoms with Crippen LogP contribution in [-0.2, 0) is 20.9 Å². The van der Waals surface area contributed by atoms with E-state index in [-0.39, 0.29) is 24.4 Å². The van der Waals surface area contributed by atoms with E-state index >= 15 is 0 Å². The van der Waals surface area contributed by atoms with Crippen molar-refractivity contribution in [2.45, 2.75) is 38.5 Å². The fraction of sp³-hybridized carbons (Fsp3) is 0.318. The molecule has 2 N–H and O–H groups in total. The smallest absolute Gasteiger partial charge is 0.249 e. The molecule has 0 radical (unpaired) electrons. The molecule has 2 aromatic carbocycles. The number of para-hydroxylation sites is 2. The lowest BCUT2D eigenvalue weighted by molar-refractivity contribution is -0.130. The zero-order valence-electron chi connectivity index (χ0n) is 16.6. The highest BCUT2D eigenvalue weighted by atomic mass is 35.5. The lowest BCUT2D eigenvalue weighted by atomic mass is 10.2. The highest BCUT2D eigenvalue weighted by Gasteiger charge is 2.27. The van der Waals surface area contributed by atoms with Crippen LogP contribution in [0.25, 0.3) is 11.0 Å². The van der Waals surface area contributed by atoms with Gasteiger partial charge >= 0.3 is 0 Å². The average Bonchev–Trinajstić information content (AvgIpc) is 3.37. The molecule has 4 rings (SSSR count). The van der Waals surface area contributed by atoms with Crippen LogP contribution in [-0.4, -0.2) is 34.1 Å². The molecule has 2 amide bonds. The number of rotatable bonds is 6. The second-order valence-electron chi connectivity index (χ2n) is 7.34. The lowest BCUT2D eigenvalue weighted by Gasteiger charge is -2.18. The summed E-state index contributed by atoms with van der Waals surface area (Å²) in [5.74, 6) is 0.255. The predicted octanol–water partition coefficient (Wildman–Crippen LogP) is 3.68. The van der Waals surface area contributed by atoms with Crippen molar-refractivity contribution in [1.82, 2.24) is 14.9 Å². The molecule has 0 saturated carbocycles. The van der Waals surface area contributed by atoms with Gasteiger partial charge in [0.2, 0.25) is 11.8 Å². The number of fused-ring (bicyclic) bond motifs is 1. The van der Waals surface area contributed by atoms with Gasteiger partial charge < -0.3 is 19.9 Å². The largest absolute Gasteiger partial charge is 0.368 e. The zero-order valence-corrected chi connectivity index (χ0v) is 17.4. The Labute approximate surface area is 179 Å². The predicted molar refractivity (Wildman–Crippen MR) is 115 cm³/mol. The summed E-state index contributed by atoms with van der Waals surface area (Å²) in [4.78, 5) is 29.9. The van der Waals surface area contributed by atoms with Crippen LogP contribution in [0.2, 0.25) is 5.02 Å². The minimum absolute atomic E-state index is 0.0580. The van der Waals surface area contributed by atoms with Crippen LogP contribution in [0.4, 0.5) is 5.69 Å². The van der Waals surface area contributed by atoms with E-state index in [2.05, 4.69) is 15.6 Å². The Morgan fingerprint density at radius 2 is 2.10 bits per heavy atom. The molecule has 2 unspecified atom stereocenters. The summed E-state index contributed by atoms with van der Waals surface area (Å²) in [5, 5.41) is 6.38. The number of carbonyl (C=O) groups is 2. The third kappa shape index (κ3) is 4.47. The van der Waals surface area contributed by atoms with E-state index < -0.39 is 6.10 Å². The van der Waals surface area contributed by atoms with Gasteiger partial charge in [-0.2, -0.15) is 0 Å². The van der Waals surface area contributed by atoms with Crippen molar-refractivity contribution in [3.8, 4) is 0 Å². The van der Waals surface area contributed by atoms with Gasteiger partial charge in [0.15, 0.2) is 0 Å². The molecule has 1 aliphatic rings. The number of hydrogen-bond acceptors (Lipinski definition) is 4. The highest BCUT2D eigenvalue weighted by Crippen LogP contribution is 2.22. The number of benzene rings is 2. The first kappa shape index (κ1) is 20.4. The van der Waals surface area contributed by atoms with Crippen molar-refractivity contribution < 1.29 is 14.3 Å². The Kier molecular flexibility index (Phi) is 6.01. The monoisotopic (exact) mass is 426 g/mol. The van der Waals surface area contributed by atoms with Gasteiger partial charge in [0.1, 0.15) is 18.5 Å². The Bertz CT molecular complexity index is 1080. The van der Waals surface area contributed by atoms with E-state index in [1.54, 1.807) is 24.3 Å². The van der Waals surface area contributed by atoms with Crippen LogP contribution in [0, 0.1) is 0 Å². The van der Waals surface area contributed by atoms with E-state index in [9.17, 15) is 9.59 Å². The SMILES string of the molecule is CC(NC(=O)C1CCCO1)c1nc2ccccc2n1CC(=O)Nc1cccc(Cl)c1. The first-order chi connectivity index (χ1) is 14.5. The Hall–Kier alpha value is -2.90. The Balaban J connectivity index is 1.56. The average molecular weight is 427 g/mol. The van der Waals surface area contributed by atoms with Gasteiger partial charge in [0, 0.05) is 17.3 Å². The molecule has 3 aromatic rings. The third-order valence-corrected chi connectivity index (χ3v) is 5.30. The van der Waals surface area contributed by atoms with Crippen molar-refractivity contribution in [1.29, 1.82) is 0 Å². The van der Waals surface area contributed by atoms with Gasteiger partial charge in [-0.3, -0.25) is 9.59 Å². The quantitative estimate of drug-likeness (QED) is 0.629. The van der Waals surface area contributed by atoms with E-state index in [4.69, 9.17) is 16.3 Å². The van der Waals surface area contributed by atoms with Gasteiger partial charge in [-0.1, -0.05) is 29.8 Å². The Morgan fingerprint density at radius 1 is 1.27 bits per heavy atom. The number of ether oxygens (including phenoxy) is 1. The summed E-state index contributed by atoms with van der Waals surface area (Å²) in [6.07, 6.45) is 1.18. The maximum atomic E-state index is 12.7. The second kappa shape index (κ2) is 8.85. The number of carbonyl (C=O) groups excluding carboxylic acids is 2. The van der Waals surface area contributed by atoms with Crippen LogP contribution in [0.15, 0.2) is 48.5 Å². The first-order valence-corrected chi connectivity index (χ1v) is 10.3. The molecule has 7 nitrogen and oxygen atoms in total. The molecule has 156 valence electrons. The molecule has 0 spiro atoms. The normalized spacial score (nSPS) is 17.1. The molecule has 1 aliphatic heterocycles. The summed E-state index contributed by atoms with van der Waals surface area (Å²) in [6, 6.07) is 14.2. The molecular weight excluding hydrogens is 404 g/mol. The highest BCUT2D eigenvalue weighted by molar-refractivity contribution is 6.30. The second-order valence-corrected chi connectivity index (χ2v) is 7.77. The van der Waals surface area contributed by atoms with Gasteiger partial charge in [0.25, 0.3) is 0 Å². The zero-order chi connectivity index (χ0) is 21.1.